The molecule has 2 nitrogen and oxygen atoms in total. The van der Waals surface area contributed by atoms with Crippen LogP contribution in [0.25, 0.3) is 0 Å². The van der Waals surface area contributed by atoms with Gasteiger partial charge in [-0.15, -0.1) is 0 Å². The summed E-state index contributed by atoms with van der Waals surface area (Å²) < 4.78 is 0. The Balaban J connectivity index is 2.37. The molecule has 0 aromatic carbocycles. The zero-order valence-electron chi connectivity index (χ0n) is 10.5. The van der Waals surface area contributed by atoms with Gasteiger partial charge >= 0.3 is 0 Å². The van der Waals surface area contributed by atoms with Crippen molar-refractivity contribution in [3.8, 4) is 0 Å². The van der Waals surface area contributed by atoms with Crippen molar-refractivity contribution in [2.45, 2.75) is 59.4 Å². The number of rotatable bonds is 6. The molecule has 2 heteroatoms. The van der Waals surface area contributed by atoms with Gasteiger partial charge in [-0.3, -0.25) is 4.79 Å². The Hall–Kier alpha value is -0.530. The fraction of sp³-hybridized carbons (Fsp3) is 0.923. The van der Waals surface area contributed by atoms with Gasteiger partial charge in [-0.05, 0) is 44.9 Å². The summed E-state index contributed by atoms with van der Waals surface area (Å²) in [6, 6.07) is 0.272. The number of amides is 1. The third-order valence-electron chi connectivity index (χ3n) is 3.30. The normalized spacial score (nSPS) is 26.5. The van der Waals surface area contributed by atoms with Crippen LogP contribution >= 0.6 is 0 Å². The second kappa shape index (κ2) is 5.53. The van der Waals surface area contributed by atoms with Crippen molar-refractivity contribution in [3.05, 3.63) is 0 Å². The van der Waals surface area contributed by atoms with E-state index in [2.05, 4.69) is 19.2 Å². The van der Waals surface area contributed by atoms with Gasteiger partial charge in [0.2, 0.25) is 5.91 Å². The van der Waals surface area contributed by atoms with Crippen LogP contribution in [-0.4, -0.2) is 11.9 Å². The van der Waals surface area contributed by atoms with Gasteiger partial charge in [0.15, 0.2) is 0 Å². The first kappa shape index (κ1) is 12.5. The van der Waals surface area contributed by atoms with E-state index in [-0.39, 0.29) is 17.9 Å². The molecular formula is C13H25NO. The molecule has 0 bridgehead atoms. The SMILES string of the molecule is CCCC(CC1CC1C)C(=O)NC(C)C. The standard InChI is InChI=1S/C13H25NO/c1-5-6-11(8-12-7-10(12)4)13(15)14-9(2)3/h9-12H,5-8H2,1-4H3,(H,14,15). The summed E-state index contributed by atoms with van der Waals surface area (Å²) in [7, 11) is 0. The first-order chi connectivity index (χ1) is 7.04. The number of nitrogens with one attached hydrogen (secondary N) is 1. The molecule has 88 valence electrons. The summed E-state index contributed by atoms with van der Waals surface area (Å²) in [6.07, 6.45) is 4.59. The van der Waals surface area contributed by atoms with Crippen LogP contribution in [0, 0.1) is 17.8 Å². The molecule has 1 aliphatic carbocycles. The van der Waals surface area contributed by atoms with E-state index in [1.54, 1.807) is 0 Å². The Morgan fingerprint density at radius 2 is 2.07 bits per heavy atom. The van der Waals surface area contributed by atoms with E-state index < -0.39 is 0 Å². The highest BCUT2D eigenvalue weighted by Gasteiger charge is 2.36. The lowest BCUT2D eigenvalue weighted by molar-refractivity contribution is -0.126. The van der Waals surface area contributed by atoms with Crippen molar-refractivity contribution in [1.29, 1.82) is 0 Å². The molecule has 1 N–H and O–H groups in total. The molecular weight excluding hydrogens is 186 g/mol. The molecule has 0 aromatic heterocycles. The monoisotopic (exact) mass is 211 g/mol. The smallest absolute Gasteiger partial charge is 0.223 e. The van der Waals surface area contributed by atoms with E-state index in [1.165, 1.54) is 6.42 Å². The van der Waals surface area contributed by atoms with Gasteiger partial charge in [0.05, 0.1) is 0 Å². The zero-order chi connectivity index (χ0) is 11.4. The highest BCUT2D eigenvalue weighted by atomic mass is 16.1. The van der Waals surface area contributed by atoms with E-state index in [9.17, 15) is 4.79 Å². The molecule has 0 aromatic rings. The molecule has 1 saturated carbocycles. The summed E-state index contributed by atoms with van der Waals surface area (Å²) in [6.45, 7) is 8.50. The van der Waals surface area contributed by atoms with Crippen LogP contribution < -0.4 is 5.32 Å². The molecule has 0 aliphatic heterocycles. The van der Waals surface area contributed by atoms with Gasteiger partial charge in [-0.2, -0.15) is 0 Å². The minimum atomic E-state index is 0.257. The lowest BCUT2D eigenvalue weighted by atomic mass is 9.95. The molecule has 0 radical (unpaired) electrons. The van der Waals surface area contributed by atoms with Crippen LogP contribution in [0.5, 0.6) is 0 Å². The fourth-order valence-corrected chi connectivity index (χ4v) is 2.20. The largest absolute Gasteiger partial charge is 0.354 e. The van der Waals surface area contributed by atoms with E-state index >= 15 is 0 Å². The Bertz CT molecular complexity index is 213. The minimum Gasteiger partial charge on any atom is -0.354 e. The molecule has 1 rings (SSSR count). The number of hydrogen-bond acceptors (Lipinski definition) is 1. The van der Waals surface area contributed by atoms with E-state index in [1.807, 2.05) is 13.8 Å². The maximum Gasteiger partial charge on any atom is 0.223 e. The van der Waals surface area contributed by atoms with Crippen molar-refractivity contribution in [2.75, 3.05) is 0 Å². The van der Waals surface area contributed by atoms with E-state index in [0.717, 1.165) is 31.1 Å². The van der Waals surface area contributed by atoms with Crippen molar-refractivity contribution in [1.82, 2.24) is 5.32 Å². The van der Waals surface area contributed by atoms with Crippen LogP contribution in [-0.2, 0) is 4.79 Å². The number of hydrogen-bond donors (Lipinski definition) is 1. The first-order valence-electron chi connectivity index (χ1n) is 6.35. The fourth-order valence-electron chi connectivity index (χ4n) is 2.20. The first-order valence-corrected chi connectivity index (χ1v) is 6.35. The molecule has 0 heterocycles. The quantitative estimate of drug-likeness (QED) is 0.719. The molecule has 1 aliphatic rings. The van der Waals surface area contributed by atoms with E-state index in [4.69, 9.17) is 0 Å². The Kier molecular flexibility index (Phi) is 4.62. The van der Waals surface area contributed by atoms with Crippen molar-refractivity contribution >= 4 is 5.91 Å². The Morgan fingerprint density at radius 1 is 1.47 bits per heavy atom. The van der Waals surface area contributed by atoms with E-state index in [0.29, 0.717) is 0 Å². The van der Waals surface area contributed by atoms with Gasteiger partial charge in [0.1, 0.15) is 0 Å². The zero-order valence-corrected chi connectivity index (χ0v) is 10.5. The Labute approximate surface area is 93.8 Å². The highest BCUT2D eigenvalue weighted by molar-refractivity contribution is 5.78. The molecule has 0 saturated heterocycles. The third kappa shape index (κ3) is 4.23. The van der Waals surface area contributed by atoms with Crippen molar-refractivity contribution in [2.24, 2.45) is 17.8 Å². The number of carbonyl (C=O) groups excluding carboxylic acids is 1. The van der Waals surface area contributed by atoms with Gasteiger partial charge < -0.3 is 5.32 Å². The second-order valence-electron chi connectivity index (χ2n) is 5.36. The van der Waals surface area contributed by atoms with Gasteiger partial charge in [0.25, 0.3) is 0 Å². The van der Waals surface area contributed by atoms with Gasteiger partial charge in [0, 0.05) is 12.0 Å². The maximum absolute atomic E-state index is 11.9. The predicted molar refractivity (Wildman–Crippen MR) is 63.6 cm³/mol. The summed E-state index contributed by atoms with van der Waals surface area (Å²) in [5.74, 6) is 2.20. The van der Waals surface area contributed by atoms with Gasteiger partial charge in [-0.25, -0.2) is 0 Å². The molecule has 3 unspecified atom stereocenters. The molecule has 3 atom stereocenters. The maximum atomic E-state index is 11.9. The predicted octanol–water partition coefficient (Wildman–Crippen LogP) is 2.97. The summed E-state index contributed by atoms with van der Waals surface area (Å²) >= 11 is 0. The second-order valence-corrected chi connectivity index (χ2v) is 5.36. The van der Waals surface area contributed by atoms with Crippen molar-refractivity contribution < 1.29 is 4.79 Å². The highest BCUT2D eigenvalue weighted by Crippen LogP contribution is 2.43. The van der Waals surface area contributed by atoms with Gasteiger partial charge in [-0.1, -0.05) is 20.3 Å². The van der Waals surface area contributed by atoms with Crippen LogP contribution in [0.4, 0.5) is 0 Å². The summed E-state index contributed by atoms with van der Waals surface area (Å²) in [5.41, 5.74) is 0. The third-order valence-corrected chi connectivity index (χ3v) is 3.30. The van der Waals surface area contributed by atoms with Crippen LogP contribution in [0.1, 0.15) is 53.4 Å². The summed E-state index contributed by atoms with van der Waals surface area (Å²) in [4.78, 5) is 11.9. The van der Waals surface area contributed by atoms with Crippen LogP contribution in [0.15, 0.2) is 0 Å². The minimum absolute atomic E-state index is 0.257. The van der Waals surface area contributed by atoms with Crippen LogP contribution in [0.3, 0.4) is 0 Å². The Morgan fingerprint density at radius 3 is 2.47 bits per heavy atom. The molecule has 1 fully saturated rings. The average molecular weight is 211 g/mol. The summed E-state index contributed by atoms with van der Waals surface area (Å²) in [5, 5.41) is 3.04. The topological polar surface area (TPSA) is 29.1 Å². The molecule has 1 amide bonds. The molecule has 0 spiro atoms. The average Bonchev–Trinajstić information content (AvgIpc) is 2.80. The molecule has 15 heavy (non-hydrogen) atoms. The number of carbonyl (C=O) groups is 1. The lowest BCUT2D eigenvalue weighted by Crippen LogP contribution is -2.35. The van der Waals surface area contributed by atoms with Crippen molar-refractivity contribution in [3.63, 3.8) is 0 Å². The lowest BCUT2D eigenvalue weighted by Gasteiger charge is -2.17. The van der Waals surface area contributed by atoms with Crippen LogP contribution in [0.2, 0.25) is 0 Å².